The third-order valence-electron chi connectivity index (χ3n) is 3.22. The first kappa shape index (κ1) is 15.6. The van der Waals surface area contributed by atoms with E-state index in [0.717, 1.165) is 31.1 Å². The second kappa shape index (κ2) is 6.81. The van der Waals surface area contributed by atoms with Gasteiger partial charge >= 0.3 is 0 Å². The fourth-order valence-corrected chi connectivity index (χ4v) is 2.45. The van der Waals surface area contributed by atoms with Gasteiger partial charge < -0.3 is 9.15 Å². The van der Waals surface area contributed by atoms with Crippen LogP contribution in [0.1, 0.15) is 32.1 Å². The number of rotatable bonds is 6. The minimum Gasteiger partial charge on any atom is -0.497 e. The van der Waals surface area contributed by atoms with Crippen molar-refractivity contribution >= 4 is 0 Å². The van der Waals surface area contributed by atoms with E-state index in [4.69, 9.17) is 9.15 Å². The lowest BCUT2D eigenvalue weighted by atomic mass is 9.95. The molecule has 3 nitrogen and oxygen atoms in total. The number of hydrogen-bond donors (Lipinski definition) is 0. The van der Waals surface area contributed by atoms with Gasteiger partial charge in [-0.2, -0.15) is 0 Å². The molecule has 0 saturated carbocycles. The Labute approximate surface area is 127 Å². The van der Waals surface area contributed by atoms with Gasteiger partial charge in [-0.05, 0) is 35.2 Å². The Bertz CT molecular complexity index is 523. The van der Waals surface area contributed by atoms with Gasteiger partial charge in [-0.25, -0.2) is 0 Å². The number of methoxy groups -OCH3 is 1. The lowest BCUT2D eigenvalue weighted by Gasteiger charge is -2.29. The van der Waals surface area contributed by atoms with Crippen LogP contribution in [-0.2, 0) is 13.1 Å². The van der Waals surface area contributed by atoms with E-state index >= 15 is 0 Å². The summed E-state index contributed by atoms with van der Waals surface area (Å²) in [6.07, 6.45) is 1.73. The molecule has 114 valence electrons. The lowest BCUT2D eigenvalue weighted by molar-refractivity contribution is 0.165. The fourth-order valence-electron chi connectivity index (χ4n) is 2.45. The smallest absolute Gasteiger partial charge is 0.118 e. The Morgan fingerprint density at radius 2 is 1.76 bits per heavy atom. The standard InChI is InChI=1S/C18H25NO2/c1-18(2,3)14-19(13-17-6-5-11-21-17)12-15-7-9-16(20-4)10-8-15/h5-11H,12-14H2,1-4H3. The molecular weight excluding hydrogens is 262 g/mol. The largest absolute Gasteiger partial charge is 0.497 e. The highest BCUT2D eigenvalue weighted by atomic mass is 16.5. The van der Waals surface area contributed by atoms with Gasteiger partial charge in [0.25, 0.3) is 0 Å². The number of benzene rings is 1. The molecule has 1 aromatic heterocycles. The van der Waals surface area contributed by atoms with Crippen LogP contribution in [0.25, 0.3) is 0 Å². The van der Waals surface area contributed by atoms with Crippen LogP contribution in [0.15, 0.2) is 47.1 Å². The molecule has 1 heterocycles. The summed E-state index contributed by atoms with van der Waals surface area (Å²) in [5, 5.41) is 0. The van der Waals surface area contributed by atoms with Gasteiger partial charge in [-0.15, -0.1) is 0 Å². The SMILES string of the molecule is COc1ccc(CN(Cc2ccco2)CC(C)(C)C)cc1. The quantitative estimate of drug-likeness (QED) is 0.790. The van der Waals surface area contributed by atoms with Crippen LogP contribution < -0.4 is 4.74 Å². The Morgan fingerprint density at radius 1 is 1.05 bits per heavy atom. The summed E-state index contributed by atoms with van der Waals surface area (Å²) in [7, 11) is 1.69. The van der Waals surface area contributed by atoms with Gasteiger partial charge in [0.1, 0.15) is 11.5 Å². The maximum absolute atomic E-state index is 5.49. The van der Waals surface area contributed by atoms with Crippen LogP contribution in [0.5, 0.6) is 5.75 Å². The maximum Gasteiger partial charge on any atom is 0.118 e. The predicted molar refractivity (Wildman–Crippen MR) is 85.3 cm³/mol. The summed E-state index contributed by atoms with van der Waals surface area (Å²) in [4.78, 5) is 2.42. The molecule has 0 aliphatic rings. The highest BCUT2D eigenvalue weighted by molar-refractivity contribution is 5.27. The summed E-state index contributed by atoms with van der Waals surface area (Å²) in [5.41, 5.74) is 1.53. The zero-order chi connectivity index (χ0) is 15.3. The van der Waals surface area contributed by atoms with Crippen molar-refractivity contribution < 1.29 is 9.15 Å². The van der Waals surface area contributed by atoms with E-state index in [9.17, 15) is 0 Å². The van der Waals surface area contributed by atoms with Gasteiger partial charge in [0.15, 0.2) is 0 Å². The molecule has 0 spiro atoms. The molecule has 0 radical (unpaired) electrons. The Morgan fingerprint density at radius 3 is 2.29 bits per heavy atom. The van der Waals surface area contributed by atoms with Gasteiger partial charge in [-0.3, -0.25) is 4.90 Å². The molecular formula is C18H25NO2. The highest BCUT2D eigenvalue weighted by Crippen LogP contribution is 2.20. The van der Waals surface area contributed by atoms with Gasteiger partial charge in [0.2, 0.25) is 0 Å². The van der Waals surface area contributed by atoms with Crippen molar-refractivity contribution in [2.45, 2.75) is 33.9 Å². The molecule has 1 aromatic carbocycles. The average Bonchev–Trinajstić information content (AvgIpc) is 2.90. The molecule has 0 aliphatic heterocycles. The molecule has 0 amide bonds. The zero-order valence-electron chi connectivity index (χ0n) is 13.4. The molecule has 0 atom stereocenters. The Hall–Kier alpha value is -1.74. The minimum atomic E-state index is 0.249. The second-order valence-electron chi connectivity index (χ2n) is 6.63. The minimum absolute atomic E-state index is 0.249. The summed E-state index contributed by atoms with van der Waals surface area (Å²) >= 11 is 0. The van der Waals surface area contributed by atoms with E-state index in [1.54, 1.807) is 13.4 Å². The normalized spacial score (nSPS) is 11.9. The van der Waals surface area contributed by atoms with Gasteiger partial charge in [0.05, 0.1) is 19.9 Å². The maximum atomic E-state index is 5.49. The van der Waals surface area contributed by atoms with E-state index in [0.29, 0.717) is 0 Å². The molecule has 2 rings (SSSR count). The third-order valence-corrected chi connectivity index (χ3v) is 3.22. The van der Waals surface area contributed by atoms with Crippen LogP contribution in [-0.4, -0.2) is 18.6 Å². The van der Waals surface area contributed by atoms with Gasteiger partial charge in [0, 0.05) is 13.1 Å². The average molecular weight is 287 g/mol. The van der Waals surface area contributed by atoms with E-state index < -0.39 is 0 Å². The summed E-state index contributed by atoms with van der Waals surface area (Å²) in [6, 6.07) is 12.2. The van der Waals surface area contributed by atoms with Crippen molar-refractivity contribution in [1.29, 1.82) is 0 Å². The zero-order valence-corrected chi connectivity index (χ0v) is 13.4. The van der Waals surface area contributed by atoms with Crippen LogP contribution in [0, 0.1) is 5.41 Å². The van der Waals surface area contributed by atoms with Crippen molar-refractivity contribution in [3.8, 4) is 5.75 Å². The number of hydrogen-bond acceptors (Lipinski definition) is 3. The van der Waals surface area contributed by atoms with Crippen LogP contribution >= 0.6 is 0 Å². The molecule has 0 N–H and O–H groups in total. The molecule has 0 saturated heterocycles. The Kier molecular flexibility index (Phi) is 5.07. The molecule has 3 heteroatoms. The lowest BCUT2D eigenvalue weighted by Crippen LogP contribution is -2.31. The first-order chi connectivity index (χ1) is 9.96. The van der Waals surface area contributed by atoms with Crippen molar-refractivity contribution in [3.63, 3.8) is 0 Å². The number of ether oxygens (including phenoxy) is 1. The summed E-state index contributed by atoms with van der Waals surface area (Å²) in [5.74, 6) is 1.90. The van der Waals surface area contributed by atoms with Crippen molar-refractivity contribution in [2.24, 2.45) is 5.41 Å². The third kappa shape index (κ3) is 5.27. The molecule has 0 fully saturated rings. The van der Waals surface area contributed by atoms with Crippen molar-refractivity contribution in [2.75, 3.05) is 13.7 Å². The van der Waals surface area contributed by atoms with Crippen LogP contribution in [0.4, 0.5) is 0 Å². The molecule has 0 bridgehead atoms. The predicted octanol–water partition coefficient (Wildman–Crippen LogP) is 4.34. The van der Waals surface area contributed by atoms with Gasteiger partial charge in [-0.1, -0.05) is 32.9 Å². The fraction of sp³-hybridized carbons (Fsp3) is 0.444. The molecule has 0 aliphatic carbocycles. The topological polar surface area (TPSA) is 25.6 Å². The molecule has 2 aromatic rings. The first-order valence-electron chi connectivity index (χ1n) is 7.34. The summed E-state index contributed by atoms with van der Waals surface area (Å²) < 4.78 is 10.7. The first-order valence-corrected chi connectivity index (χ1v) is 7.34. The Balaban J connectivity index is 2.06. The van der Waals surface area contributed by atoms with E-state index in [1.807, 2.05) is 24.3 Å². The number of nitrogens with zero attached hydrogens (tertiary/aromatic N) is 1. The monoisotopic (exact) mass is 287 g/mol. The summed E-state index contributed by atoms with van der Waals surface area (Å²) in [6.45, 7) is 9.53. The van der Waals surface area contributed by atoms with Crippen LogP contribution in [0.3, 0.4) is 0 Å². The van der Waals surface area contributed by atoms with Crippen molar-refractivity contribution in [3.05, 3.63) is 54.0 Å². The van der Waals surface area contributed by atoms with Crippen LogP contribution in [0.2, 0.25) is 0 Å². The van der Waals surface area contributed by atoms with E-state index in [-0.39, 0.29) is 5.41 Å². The highest BCUT2D eigenvalue weighted by Gasteiger charge is 2.18. The van der Waals surface area contributed by atoms with E-state index in [1.165, 1.54) is 5.56 Å². The van der Waals surface area contributed by atoms with E-state index in [2.05, 4.69) is 37.8 Å². The number of furan rings is 1. The molecule has 0 unspecified atom stereocenters. The van der Waals surface area contributed by atoms with Crippen molar-refractivity contribution in [1.82, 2.24) is 4.90 Å². The molecule has 21 heavy (non-hydrogen) atoms. The second-order valence-corrected chi connectivity index (χ2v) is 6.63.